The summed E-state index contributed by atoms with van der Waals surface area (Å²) in [5.74, 6) is 0.705. The number of para-hydroxylation sites is 1. The number of hydrogen-bond acceptors (Lipinski definition) is 3. The van der Waals surface area contributed by atoms with Crippen LogP contribution in [0.5, 0.6) is 0 Å². The number of aromatic amines is 1. The van der Waals surface area contributed by atoms with Gasteiger partial charge in [0.05, 0.1) is 16.6 Å². The van der Waals surface area contributed by atoms with Crippen LogP contribution in [-0.4, -0.2) is 14.5 Å². The maximum Gasteiger partial charge on any atom is 0.266 e. The van der Waals surface area contributed by atoms with Crippen LogP contribution in [0.2, 0.25) is 0 Å². The van der Waals surface area contributed by atoms with Gasteiger partial charge in [0, 0.05) is 18.7 Å². The molecular formula is C21H17N3O2. The summed E-state index contributed by atoms with van der Waals surface area (Å²) in [6.45, 7) is 1.98. The summed E-state index contributed by atoms with van der Waals surface area (Å²) in [6, 6.07) is 18.3. The fraction of sp³-hybridized carbons (Fsp3) is 0.0952. The van der Waals surface area contributed by atoms with Crippen molar-refractivity contribution in [2.75, 3.05) is 0 Å². The lowest BCUT2D eigenvalue weighted by Gasteiger charge is -2.14. The smallest absolute Gasteiger partial charge is 0.266 e. The number of nitrogens with one attached hydrogen (secondary N) is 1. The van der Waals surface area contributed by atoms with E-state index in [-0.39, 0.29) is 11.1 Å². The molecule has 0 unspecified atom stereocenters. The number of fused-ring (bicyclic) bond motifs is 1. The van der Waals surface area contributed by atoms with E-state index in [9.17, 15) is 9.59 Å². The molecule has 0 fully saturated rings. The Morgan fingerprint density at radius 2 is 1.81 bits per heavy atom. The van der Waals surface area contributed by atoms with Crippen LogP contribution in [-0.2, 0) is 6.42 Å². The van der Waals surface area contributed by atoms with Crippen LogP contribution >= 0.6 is 0 Å². The summed E-state index contributed by atoms with van der Waals surface area (Å²) < 4.78 is 1.65. The molecule has 0 amide bonds. The number of aryl methyl sites for hydroxylation is 1. The molecule has 2 aromatic heterocycles. The molecule has 0 radical (unpaired) electrons. The van der Waals surface area contributed by atoms with E-state index in [0.717, 1.165) is 5.69 Å². The van der Waals surface area contributed by atoms with Crippen molar-refractivity contribution in [1.29, 1.82) is 0 Å². The van der Waals surface area contributed by atoms with E-state index in [4.69, 9.17) is 4.98 Å². The van der Waals surface area contributed by atoms with Gasteiger partial charge in [0.1, 0.15) is 5.82 Å². The lowest BCUT2D eigenvalue weighted by molar-refractivity contribution is 0.833. The monoisotopic (exact) mass is 343 g/mol. The molecule has 0 aliphatic carbocycles. The number of benzene rings is 2. The average molecular weight is 343 g/mol. The van der Waals surface area contributed by atoms with Crippen molar-refractivity contribution in [1.82, 2.24) is 14.5 Å². The number of nitrogens with zero attached hydrogens (tertiary/aromatic N) is 2. The van der Waals surface area contributed by atoms with Gasteiger partial charge < -0.3 is 4.98 Å². The number of hydrogen-bond donors (Lipinski definition) is 1. The Bertz CT molecular complexity index is 1210. The third-order valence-corrected chi connectivity index (χ3v) is 4.38. The Hall–Kier alpha value is -3.47. The van der Waals surface area contributed by atoms with Gasteiger partial charge in [-0.3, -0.25) is 14.2 Å². The van der Waals surface area contributed by atoms with Gasteiger partial charge in [-0.05, 0) is 35.4 Å². The number of rotatable bonds is 3. The largest absolute Gasteiger partial charge is 0.329 e. The van der Waals surface area contributed by atoms with E-state index in [1.807, 2.05) is 55.5 Å². The van der Waals surface area contributed by atoms with Crippen LogP contribution in [0.4, 0.5) is 0 Å². The van der Waals surface area contributed by atoms with Crippen molar-refractivity contribution < 1.29 is 0 Å². The van der Waals surface area contributed by atoms with Gasteiger partial charge in [0.25, 0.3) is 5.56 Å². The first-order chi connectivity index (χ1) is 12.7. The number of H-pyrrole nitrogens is 1. The quantitative estimate of drug-likeness (QED) is 0.620. The highest BCUT2D eigenvalue weighted by atomic mass is 16.1. The normalized spacial score (nSPS) is 11.0. The molecule has 4 rings (SSSR count). The third-order valence-electron chi connectivity index (χ3n) is 4.38. The van der Waals surface area contributed by atoms with Crippen LogP contribution < -0.4 is 11.1 Å². The standard InChI is InChI=1S/C21H17N3O2/c1-2-18-23-17-10-6-9-16(14-11-12-22-19(25)13-14)20(17)21(26)24(18)15-7-4-3-5-8-15/h3-13H,2H2,1H3,(H,22,25). The third kappa shape index (κ3) is 2.63. The molecule has 0 atom stereocenters. The van der Waals surface area contributed by atoms with Gasteiger partial charge in [-0.15, -0.1) is 0 Å². The van der Waals surface area contributed by atoms with E-state index in [0.29, 0.717) is 34.3 Å². The second-order valence-corrected chi connectivity index (χ2v) is 6.00. The van der Waals surface area contributed by atoms with E-state index >= 15 is 0 Å². The second-order valence-electron chi connectivity index (χ2n) is 6.00. The van der Waals surface area contributed by atoms with Crippen molar-refractivity contribution >= 4 is 10.9 Å². The number of aromatic nitrogens is 3. The molecule has 0 spiro atoms. The van der Waals surface area contributed by atoms with Crippen LogP contribution in [0.25, 0.3) is 27.7 Å². The minimum absolute atomic E-state index is 0.131. The van der Waals surface area contributed by atoms with Gasteiger partial charge in [-0.1, -0.05) is 37.3 Å². The average Bonchev–Trinajstić information content (AvgIpc) is 2.68. The topological polar surface area (TPSA) is 67.8 Å². The summed E-state index contributed by atoms with van der Waals surface area (Å²) in [4.78, 5) is 32.5. The fourth-order valence-electron chi connectivity index (χ4n) is 3.21. The molecule has 2 aromatic carbocycles. The Morgan fingerprint density at radius 3 is 2.54 bits per heavy atom. The Labute approximate surface area is 149 Å². The van der Waals surface area contributed by atoms with E-state index in [2.05, 4.69) is 4.98 Å². The van der Waals surface area contributed by atoms with Gasteiger partial charge in [0.2, 0.25) is 5.56 Å². The lowest BCUT2D eigenvalue weighted by atomic mass is 10.0. The van der Waals surface area contributed by atoms with Crippen molar-refractivity contribution in [2.24, 2.45) is 0 Å². The molecule has 26 heavy (non-hydrogen) atoms. The Morgan fingerprint density at radius 1 is 1.00 bits per heavy atom. The predicted octanol–water partition coefficient (Wildman–Crippen LogP) is 3.30. The molecule has 0 saturated heterocycles. The summed E-state index contributed by atoms with van der Waals surface area (Å²) in [5, 5.41) is 0.513. The van der Waals surface area contributed by atoms with Crippen LogP contribution in [0.3, 0.4) is 0 Å². The van der Waals surface area contributed by atoms with Crippen molar-refractivity contribution in [3.05, 3.63) is 93.4 Å². The van der Waals surface area contributed by atoms with E-state index < -0.39 is 0 Å². The first-order valence-electron chi connectivity index (χ1n) is 8.48. The maximum absolute atomic E-state index is 13.4. The minimum atomic E-state index is -0.207. The first kappa shape index (κ1) is 16.0. The molecule has 0 aliphatic heterocycles. The van der Waals surface area contributed by atoms with Crippen molar-refractivity contribution in [3.8, 4) is 16.8 Å². The summed E-state index contributed by atoms with van der Waals surface area (Å²) in [6.07, 6.45) is 2.22. The highest BCUT2D eigenvalue weighted by molar-refractivity contribution is 5.94. The van der Waals surface area contributed by atoms with E-state index in [1.165, 1.54) is 6.07 Å². The van der Waals surface area contributed by atoms with Gasteiger partial charge in [-0.2, -0.15) is 0 Å². The van der Waals surface area contributed by atoms with Crippen LogP contribution in [0.15, 0.2) is 76.4 Å². The molecule has 1 N–H and O–H groups in total. The van der Waals surface area contributed by atoms with Gasteiger partial charge in [-0.25, -0.2) is 4.98 Å². The molecule has 2 heterocycles. The van der Waals surface area contributed by atoms with Gasteiger partial charge >= 0.3 is 0 Å². The van der Waals surface area contributed by atoms with Crippen LogP contribution in [0.1, 0.15) is 12.7 Å². The van der Waals surface area contributed by atoms with Crippen molar-refractivity contribution in [3.63, 3.8) is 0 Å². The fourth-order valence-corrected chi connectivity index (χ4v) is 3.21. The minimum Gasteiger partial charge on any atom is -0.329 e. The molecular weight excluding hydrogens is 326 g/mol. The first-order valence-corrected chi connectivity index (χ1v) is 8.48. The molecule has 5 nitrogen and oxygen atoms in total. The molecule has 4 aromatic rings. The molecule has 0 aliphatic rings. The maximum atomic E-state index is 13.4. The van der Waals surface area contributed by atoms with E-state index in [1.54, 1.807) is 16.8 Å². The molecule has 128 valence electrons. The van der Waals surface area contributed by atoms with Crippen molar-refractivity contribution in [2.45, 2.75) is 13.3 Å². The molecule has 5 heteroatoms. The highest BCUT2D eigenvalue weighted by Crippen LogP contribution is 2.25. The zero-order chi connectivity index (χ0) is 18.1. The Balaban J connectivity index is 2.12. The summed E-state index contributed by atoms with van der Waals surface area (Å²) in [5.41, 5.74) is 2.48. The number of pyridine rings is 1. The molecule has 0 bridgehead atoms. The Kier molecular flexibility index (Phi) is 3.97. The predicted molar refractivity (Wildman–Crippen MR) is 103 cm³/mol. The second kappa shape index (κ2) is 6.44. The summed E-state index contributed by atoms with van der Waals surface area (Å²) in [7, 11) is 0. The summed E-state index contributed by atoms with van der Waals surface area (Å²) >= 11 is 0. The van der Waals surface area contributed by atoms with Gasteiger partial charge in [0.15, 0.2) is 0 Å². The van der Waals surface area contributed by atoms with Crippen LogP contribution in [0, 0.1) is 0 Å². The zero-order valence-corrected chi connectivity index (χ0v) is 14.3. The lowest BCUT2D eigenvalue weighted by Crippen LogP contribution is -2.24. The SMILES string of the molecule is CCc1nc2cccc(-c3cc[nH]c(=O)c3)c2c(=O)n1-c1ccccc1. The molecule has 0 saturated carbocycles. The zero-order valence-electron chi connectivity index (χ0n) is 14.3. The highest BCUT2D eigenvalue weighted by Gasteiger charge is 2.15.